The predicted molar refractivity (Wildman–Crippen MR) is 55.9 cm³/mol. The Kier molecular flexibility index (Phi) is 4.48. The zero-order valence-corrected chi connectivity index (χ0v) is 11.6. The van der Waals surface area contributed by atoms with Gasteiger partial charge < -0.3 is 10.6 Å². The van der Waals surface area contributed by atoms with Gasteiger partial charge in [-0.1, -0.05) is 12.3 Å². The molecule has 0 aliphatic heterocycles. The Balaban J connectivity index is 0.00000112. The summed E-state index contributed by atoms with van der Waals surface area (Å²) in [7, 11) is 0. The van der Waals surface area contributed by atoms with E-state index < -0.39 is 0 Å². The van der Waals surface area contributed by atoms with E-state index in [0.717, 1.165) is 5.52 Å². The van der Waals surface area contributed by atoms with E-state index >= 15 is 0 Å². The minimum atomic E-state index is 0. The number of fused-ring (bicyclic) bond motifs is 1. The van der Waals surface area contributed by atoms with Crippen LogP contribution in [0.4, 0.5) is 5.69 Å². The van der Waals surface area contributed by atoms with Gasteiger partial charge in [-0.3, -0.25) is 9.97 Å². The molecule has 0 saturated heterocycles. The van der Waals surface area contributed by atoms with E-state index in [1.165, 1.54) is 0 Å². The van der Waals surface area contributed by atoms with E-state index in [4.69, 9.17) is 5.26 Å². The average molecular weight is 271 g/mol. The molecule has 1 aromatic heterocycles. The Labute approximate surface area is 117 Å². The number of halogens is 1. The van der Waals surface area contributed by atoms with Crippen LogP contribution in [0.15, 0.2) is 29.0 Å². The molecule has 0 atom stereocenters. The van der Waals surface area contributed by atoms with E-state index in [2.05, 4.69) is 31.2 Å². The molecular formula is C9H4BrN4Na. The molecule has 0 spiro atoms. The van der Waals surface area contributed by atoms with Gasteiger partial charge in [0.25, 0.3) is 0 Å². The van der Waals surface area contributed by atoms with Crippen molar-refractivity contribution in [1.29, 1.82) is 5.26 Å². The number of benzene rings is 1. The van der Waals surface area contributed by atoms with Crippen molar-refractivity contribution in [2.75, 3.05) is 0 Å². The molecule has 0 radical (unpaired) electrons. The van der Waals surface area contributed by atoms with Crippen LogP contribution in [0.3, 0.4) is 0 Å². The van der Waals surface area contributed by atoms with E-state index in [-0.39, 0.29) is 29.6 Å². The molecule has 68 valence electrons. The number of nitrogens with zero attached hydrogens (tertiary/aromatic N) is 4. The quantitative estimate of drug-likeness (QED) is 0.536. The summed E-state index contributed by atoms with van der Waals surface area (Å²) in [6, 6.07) is 3.51. The number of aromatic nitrogens is 2. The molecule has 15 heavy (non-hydrogen) atoms. The van der Waals surface area contributed by atoms with Crippen LogP contribution in [0.1, 0.15) is 0 Å². The third-order valence-corrected chi connectivity index (χ3v) is 2.51. The summed E-state index contributed by atoms with van der Waals surface area (Å²) in [6.07, 6.45) is 4.96. The molecule has 0 N–H and O–H groups in total. The maximum absolute atomic E-state index is 8.44. The van der Waals surface area contributed by atoms with Crippen LogP contribution < -0.4 is 29.6 Å². The summed E-state index contributed by atoms with van der Waals surface area (Å²) in [5, 5.41) is 12.1. The first kappa shape index (κ1) is 12.4. The zero-order valence-electron chi connectivity index (χ0n) is 7.98. The monoisotopic (exact) mass is 270 g/mol. The first-order valence-corrected chi connectivity index (χ1v) is 4.61. The van der Waals surface area contributed by atoms with Gasteiger partial charge in [-0.2, -0.15) is 0 Å². The molecule has 2 rings (SSSR count). The third-order valence-electron chi connectivity index (χ3n) is 1.73. The second-order valence-electron chi connectivity index (χ2n) is 2.53. The molecule has 0 aliphatic rings. The van der Waals surface area contributed by atoms with Gasteiger partial charge in [0.1, 0.15) is 5.52 Å². The fourth-order valence-corrected chi connectivity index (χ4v) is 1.66. The summed E-state index contributed by atoms with van der Waals surface area (Å²) >= 11 is 3.34. The van der Waals surface area contributed by atoms with Gasteiger partial charge in [0.15, 0.2) is 0 Å². The maximum atomic E-state index is 8.44. The number of hydrogen-bond donors (Lipinski definition) is 0. The fraction of sp³-hybridized carbons (Fsp3) is 0. The molecule has 0 fully saturated rings. The van der Waals surface area contributed by atoms with Gasteiger partial charge in [0.05, 0.1) is 5.52 Å². The molecule has 0 amide bonds. The minimum Gasteiger partial charge on any atom is -0.494 e. The standard InChI is InChI=1S/C9H4BrN4.Na/c10-8-6(14-5-11)1-2-7-9(8)13-4-3-12-7;/h1-4H;/q-1;+1. The molecule has 2 aromatic rings. The van der Waals surface area contributed by atoms with Crippen LogP contribution in [0, 0.1) is 11.5 Å². The summed E-state index contributed by atoms with van der Waals surface area (Å²) in [6.45, 7) is 0. The van der Waals surface area contributed by atoms with Crippen molar-refractivity contribution >= 4 is 32.7 Å². The Morgan fingerprint density at radius 2 is 2.00 bits per heavy atom. The van der Waals surface area contributed by atoms with Crippen molar-refractivity contribution in [1.82, 2.24) is 9.97 Å². The van der Waals surface area contributed by atoms with E-state index in [9.17, 15) is 0 Å². The van der Waals surface area contributed by atoms with Gasteiger partial charge >= 0.3 is 29.6 Å². The molecule has 1 heterocycles. The molecule has 0 bridgehead atoms. The zero-order chi connectivity index (χ0) is 9.97. The van der Waals surface area contributed by atoms with Crippen molar-refractivity contribution in [3.63, 3.8) is 0 Å². The van der Waals surface area contributed by atoms with Gasteiger partial charge in [-0.15, -0.1) is 0 Å². The normalized spacial score (nSPS) is 9.07. The number of rotatable bonds is 1. The van der Waals surface area contributed by atoms with Gasteiger partial charge in [-0.05, 0) is 27.7 Å². The Morgan fingerprint density at radius 3 is 2.73 bits per heavy atom. The summed E-state index contributed by atoms with van der Waals surface area (Å²) in [5.41, 5.74) is 2.06. The van der Waals surface area contributed by atoms with Crippen LogP contribution in [0.25, 0.3) is 16.4 Å². The van der Waals surface area contributed by atoms with E-state index in [0.29, 0.717) is 15.7 Å². The van der Waals surface area contributed by atoms with Gasteiger partial charge in [-0.25, -0.2) is 0 Å². The van der Waals surface area contributed by atoms with Gasteiger partial charge in [0, 0.05) is 16.9 Å². The Hall–Kier alpha value is -0.670. The maximum Gasteiger partial charge on any atom is 1.00 e. The molecular weight excluding hydrogens is 267 g/mol. The SMILES string of the molecule is N#C[N-]c1ccc2nccnc2c1Br.[Na+]. The second-order valence-corrected chi connectivity index (χ2v) is 3.33. The molecule has 6 heteroatoms. The van der Waals surface area contributed by atoms with Crippen LogP contribution in [0.5, 0.6) is 0 Å². The first-order chi connectivity index (χ1) is 6.83. The van der Waals surface area contributed by atoms with Crippen LogP contribution in [-0.4, -0.2) is 9.97 Å². The van der Waals surface area contributed by atoms with Crippen LogP contribution in [-0.2, 0) is 0 Å². The molecule has 0 saturated carbocycles. The smallest absolute Gasteiger partial charge is 0.494 e. The molecule has 1 aromatic carbocycles. The molecule has 0 aliphatic carbocycles. The van der Waals surface area contributed by atoms with Crippen molar-refractivity contribution in [2.24, 2.45) is 0 Å². The van der Waals surface area contributed by atoms with E-state index in [1.807, 2.05) is 0 Å². The average Bonchev–Trinajstić information content (AvgIpc) is 2.23. The first-order valence-electron chi connectivity index (χ1n) is 3.82. The summed E-state index contributed by atoms with van der Waals surface area (Å²) < 4.78 is 0.699. The largest absolute Gasteiger partial charge is 1.00 e. The van der Waals surface area contributed by atoms with Crippen LogP contribution >= 0.6 is 15.9 Å². The van der Waals surface area contributed by atoms with Crippen molar-refractivity contribution in [3.8, 4) is 6.19 Å². The number of nitriles is 1. The van der Waals surface area contributed by atoms with Crippen molar-refractivity contribution in [3.05, 3.63) is 34.3 Å². The van der Waals surface area contributed by atoms with E-state index in [1.54, 1.807) is 30.7 Å². The predicted octanol–water partition coefficient (Wildman–Crippen LogP) is -0.117. The third kappa shape index (κ3) is 2.47. The summed E-state index contributed by atoms with van der Waals surface area (Å²) in [5.74, 6) is 0. The van der Waals surface area contributed by atoms with Gasteiger partial charge in [0.2, 0.25) is 0 Å². The second kappa shape index (κ2) is 5.42. The summed E-state index contributed by atoms with van der Waals surface area (Å²) in [4.78, 5) is 8.27. The van der Waals surface area contributed by atoms with Crippen LogP contribution in [0.2, 0.25) is 0 Å². The molecule has 4 nitrogen and oxygen atoms in total. The Morgan fingerprint density at radius 1 is 1.27 bits per heavy atom. The number of hydrogen-bond acceptors (Lipinski definition) is 3. The van der Waals surface area contributed by atoms with Crippen molar-refractivity contribution in [2.45, 2.75) is 0 Å². The van der Waals surface area contributed by atoms with Crippen molar-refractivity contribution < 1.29 is 29.6 Å². The molecule has 0 unspecified atom stereocenters. The Bertz CT molecular complexity index is 523. The topological polar surface area (TPSA) is 63.7 Å². The fourth-order valence-electron chi connectivity index (χ4n) is 1.13. The minimum absolute atomic E-state index is 0.